The molecule has 0 unspecified atom stereocenters. The predicted octanol–water partition coefficient (Wildman–Crippen LogP) is 7.90. The maximum absolute atomic E-state index is 2.50. The number of nitrogens with zero attached hydrogens (tertiary/aromatic N) is 1. The van der Waals surface area contributed by atoms with E-state index in [2.05, 4.69) is 135 Å². The Bertz CT molecular complexity index is 1300. The third-order valence-corrected chi connectivity index (χ3v) is 6.95. The lowest BCUT2D eigenvalue weighted by Gasteiger charge is -2.31. The molecule has 0 aliphatic rings. The highest BCUT2D eigenvalue weighted by atomic mass is 15.1. The number of benzene rings is 4. The number of aromatic nitrogens is 1. The average Bonchev–Trinajstić information content (AvgIpc) is 3.15. The van der Waals surface area contributed by atoms with Gasteiger partial charge in [-0.15, -0.1) is 0 Å². The van der Waals surface area contributed by atoms with Crippen LogP contribution in [0.15, 0.2) is 103 Å². The molecular formula is C30H29N. The Labute approximate surface area is 185 Å². The topological polar surface area (TPSA) is 4.93 Å². The molecule has 0 radical (unpaired) electrons. The van der Waals surface area contributed by atoms with E-state index in [9.17, 15) is 0 Å². The first-order valence-corrected chi connectivity index (χ1v) is 11.1. The van der Waals surface area contributed by atoms with Gasteiger partial charge in [0.05, 0.1) is 5.54 Å². The average molecular weight is 404 g/mol. The second-order valence-corrected chi connectivity index (χ2v) is 9.50. The molecule has 1 nitrogen and oxygen atoms in total. The van der Waals surface area contributed by atoms with E-state index in [1.807, 2.05) is 0 Å². The summed E-state index contributed by atoms with van der Waals surface area (Å²) >= 11 is 0. The lowest BCUT2D eigenvalue weighted by molar-refractivity contribution is 0.464. The predicted molar refractivity (Wildman–Crippen MR) is 133 cm³/mol. The summed E-state index contributed by atoms with van der Waals surface area (Å²) in [5.74, 6) is 0. The van der Waals surface area contributed by atoms with Gasteiger partial charge in [0.25, 0.3) is 0 Å². The Kier molecular flexibility index (Phi) is 4.51. The molecule has 31 heavy (non-hydrogen) atoms. The summed E-state index contributed by atoms with van der Waals surface area (Å²) in [6.45, 7) is 9.25. The van der Waals surface area contributed by atoms with Gasteiger partial charge in [-0.05, 0) is 42.7 Å². The Morgan fingerprint density at radius 2 is 0.871 bits per heavy atom. The van der Waals surface area contributed by atoms with Crippen molar-refractivity contribution in [1.29, 1.82) is 0 Å². The molecule has 0 amide bonds. The first-order valence-electron chi connectivity index (χ1n) is 11.1. The van der Waals surface area contributed by atoms with E-state index in [4.69, 9.17) is 0 Å². The van der Waals surface area contributed by atoms with Crippen molar-refractivity contribution in [3.05, 3.63) is 120 Å². The molecule has 4 aromatic carbocycles. The van der Waals surface area contributed by atoms with E-state index in [-0.39, 0.29) is 11.0 Å². The Hall–Kier alpha value is -3.32. The molecule has 0 bridgehead atoms. The molecule has 0 fully saturated rings. The SMILES string of the molecule is CC(C)(c1ccccc1)c1ccc(C(C)(C)n2c3ccccc3c3ccccc32)cc1. The molecule has 5 aromatic rings. The summed E-state index contributed by atoms with van der Waals surface area (Å²) in [6.07, 6.45) is 0. The quantitative estimate of drug-likeness (QED) is 0.287. The van der Waals surface area contributed by atoms with Crippen LogP contribution >= 0.6 is 0 Å². The highest BCUT2D eigenvalue weighted by molar-refractivity contribution is 6.08. The third kappa shape index (κ3) is 3.08. The molecule has 0 atom stereocenters. The standard InChI is InChI=1S/C30H29N/c1-29(2,22-12-6-5-7-13-22)23-18-20-24(21-19-23)30(3,4)31-27-16-10-8-14-25(27)26-15-9-11-17-28(26)31/h5-21H,1-4H3. The second-order valence-electron chi connectivity index (χ2n) is 9.50. The maximum atomic E-state index is 2.50. The van der Waals surface area contributed by atoms with Gasteiger partial charge < -0.3 is 4.57 Å². The van der Waals surface area contributed by atoms with Crippen molar-refractivity contribution in [1.82, 2.24) is 4.57 Å². The molecule has 1 heteroatoms. The fourth-order valence-corrected chi connectivity index (χ4v) is 4.97. The van der Waals surface area contributed by atoms with Crippen molar-refractivity contribution in [3.63, 3.8) is 0 Å². The smallest absolute Gasteiger partial charge is 0.0646 e. The van der Waals surface area contributed by atoms with E-state index in [0.29, 0.717) is 0 Å². The zero-order valence-electron chi connectivity index (χ0n) is 18.8. The van der Waals surface area contributed by atoms with Crippen LogP contribution in [0, 0.1) is 0 Å². The van der Waals surface area contributed by atoms with Crippen molar-refractivity contribution in [2.75, 3.05) is 0 Å². The second kappa shape index (κ2) is 7.13. The molecule has 1 aromatic heterocycles. The maximum Gasteiger partial charge on any atom is 0.0646 e. The van der Waals surface area contributed by atoms with Crippen LogP contribution in [0.25, 0.3) is 21.8 Å². The Balaban J connectivity index is 1.62. The molecule has 0 saturated carbocycles. The minimum Gasteiger partial charge on any atom is -0.331 e. The third-order valence-electron chi connectivity index (χ3n) is 6.95. The molecule has 0 aliphatic heterocycles. The number of para-hydroxylation sites is 2. The summed E-state index contributed by atoms with van der Waals surface area (Å²) in [6, 6.07) is 37.5. The first kappa shape index (κ1) is 19.6. The number of rotatable bonds is 4. The minimum absolute atomic E-state index is 0.0310. The summed E-state index contributed by atoms with van der Waals surface area (Å²) in [7, 11) is 0. The van der Waals surface area contributed by atoms with Gasteiger partial charge in [0, 0.05) is 27.2 Å². The molecule has 0 N–H and O–H groups in total. The largest absolute Gasteiger partial charge is 0.331 e. The van der Waals surface area contributed by atoms with Crippen LogP contribution in [0.4, 0.5) is 0 Å². The fraction of sp³-hybridized carbons (Fsp3) is 0.200. The van der Waals surface area contributed by atoms with Crippen molar-refractivity contribution in [3.8, 4) is 0 Å². The van der Waals surface area contributed by atoms with Crippen LogP contribution in [0.3, 0.4) is 0 Å². The van der Waals surface area contributed by atoms with Gasteiger partial charge in [0.1, 0.15) is 0 Å². The lowest BCUT2D eigenvalue weighted by atomic mass is 9.77. The Morgan fingerprint density at radius 3 is 1.42 bits per heavy atom. The summed E-state index contributed by atoms with van der Waals surface area (Å²) in [5.41, 5.74) is 6.33. The van der Waals surface area contributed by atoms with Gasteiger partial charge in [-0.2, -0.15) is 0 Å². The summed E-state index contributed by atoms with van der Waals surface area (Å²) in [4.78, 5) is 0. The lowest BCUT2D eigenvalue weighted by Crippen LogP contribution is -2.28. The summed E-state index contributed by atoms with van der Waals surface area (Å²) in [5, 5.41) is 2.63. The number of hydrogen-bond donors (Lipinski definition) is 0. The van der Waals surface area contributed by atoms with Crippen molar-refractivity contribution >= 4 is 21.8 Å². The zero-order chi connectivity index (χ0) is 21.6. The molecule has 154 valence electrons. The fourth-order valence-electron chi connectivity index (χ4n) is 4.97. The zero-order valence-corrected chi connectivity index (χ0v) is 18.8. The molecule has 0 spiro atoms. The van der Waals surface area contributed by atoms with E-state index in [0.717, 1.165) is 0 Å². The van der Waals surface area contributed by atoms with Crippen LogP contribution < -0.4 is 0 Å². The number of fused-ring (bicyclic) bond motifs is 3. The van der Waals surface area contributed by atoms with Crippen LogP contribution in [-0.2, 0) is 11.0 Å². The van der Waals surface area contributed by atoms with E-state index >= 15 is 0 Å². The van der Waals surface area contributed by atoms with Gasteiger partial charge >= 0.3 is 0 Å². The van der Waals surface area contributed by atoms with Crippen molar-refractivity contribution in [2.24, 2.45) is 0 Å². The van der Waals surface area contributed by atoms with E-state index in [1.54, 1.807) is 0 Å². The van der Waals surface area contributed by atoms with Crippen LogP contribution in [0.2, 0.25) is 0 Å². The Morgan fingerprint density at radius 1 is 0.452 bits per heavy atom. The van der Waals surface area contributed by atoms with E-state index in [1.165, 1.54) is 38.5 Å². The van der Waals surface area contributed by atoms with Gasteiger partial charge in [0.15, 0.2) is 0 Å². The van der Waals surface area contributed by atoms with Gasteiger partial charge in [0.2, 0.25) is 0 Å². The molecule has 0 aliphatic carbocycles. The van der Waals surface area contributed by atoms with Crippen LogP contribution in [0.1, 0.15) is 44.4 Å². The summed E-state index contributed by atoms with van der Waals surface area (Å²) < 4.78 is 2.50. The van der Waals surface area contributed by atoms with Gasteiger partial charge in [-0.1, -0.05) is 105 Å². The minimum atomic E-state index is -0.182. The van der Waals surface area contributed by atoms with Crippen molar-refractivity contribution < 1.29 is 0 Å². The molecule has 0 saturated heterocycles. The van der Waals surface area contributed by atoms with Crippen LogP contribution in [-0.4, -0.2) is 4.57 Å². The highest BCUT2D eigenvalue weighted by Gasteiger charge is 2.28. The van der Waals surface area contributed by atoms with Crippen molar-refractivity contribution in [2.45, 2.75) is 38.6 Å². The van der Waals surface area contributed by atoms with Gasteiger partial charge in [-0.25, -0.2) is 0 Å². The van der Waals surface area contributed by atoms with Gasteiger partial charge in [-0.3, -0.25) is 0 Å². The molecule has 5 rings (SSSR count). The highest BCUT2D eigenvalue weighted by Crippen LogP contribution is 2.38. The first-order chi connectivity index (χ1) is 14.9. The van der Waals surface area contributed by atoms with Crippen LogP contribution in [0.5, 0.6) is 0 Å². The number of hydrogen-bond acceptors (Lipinski definition) is 0. The monoisotopic (exact) mass is 403 g/mol. The van der Waals surface area contributed by atoms with E-state index < -0.39 is 0 Å². The normalized spacial score (nSPS) is 12.5. The molecule has 1 heterocycles. The molecular weight excluding hydrogens is 374 g/mol.